The molecule has 0 saturated heterocycles. The van der Waals surface area contributed by atoms with Gasteiger partial charge in [0, 0.05) is 17.3 Å². The second-order valence-electron chi connectivity index (χ2n) is 4.91. The lowest BCUT2D eigenvalue weighted by Crippen LogP contribution is -2.42. The van der Waals surface area contributed by atoms with Gasteiger partial charge >= 0.3 is 0 Å². The molecule has 1 aromatic carbocycles. The summed E-state index contributed by atoms with van der Waals surface area (Å²) in [4.78, 5) is 22.7. The quantitative estimate of drug-likeness (QED) is 0.737. The number of hydrogen-bond donors (Lipinski definition) is 3. The fourth-order valence-corrected chi connectivity index (χ4v) is 1.54. The zero-order valence-corrected chi connectivity index (χ0v) is 11.8. The van der Waals surface area contributed by atoms with Gasteiger partial charge in [-0.3, -0.25) is 9.59 Å². The molecule has 0 fully saturated rings. The van der Waals surface area contributed by atoms with Crippen LogP contribution in [0.25, 0.3) is 0 Å². The first kappa shape index (κ1) is 15.5. The average molecular weight is 284 g/mol. The number of halogens is 1. The summed E-state index contributed by atoms with van der Waals surface area (Å²) >= 11 is 5.81. The number of anilines is 1. The first-order chi connectivity index (χ1) is 8.81. The topological polar surface area (TPSA) is 84.2 Å². The van der Waals surface area contributed by atoms with E-state index in [4.69, 9.17) is 17.3 Å². The summed E-state index contributed by atoms with van der Waals surface area (Å²) in [7, 11) is 0. The Morgan fingerprint density at radius 2 is 2.05 bits per heavy atom. The van der Waals surface area contributed by atoms with Crippen molar-refractivity contribution in [2.75, 3.05) is 18.4 Å². The third kappa shape index (κ3) is 5.28. The molecule has 0 unspecified atom stereocenters. The van der Waals surface area contributed by atoms with Crippen molar-refractivity contribution in [3.63, 3.8) is 0 Å². The molecule has 0 heterocycles. The van der Waals surface area contributed by atoms with Crippen molar-refractivity contribution >= 4 is 29.1 Å². The minimum absolute atomic E-state index is 0.100. The number of rotatable bonds is 6. The predicted octanol–water partition coefficient (Wildman–Crippen LogP) is 1.38. The number of nitrogens with two attached hydrogens (primary N) is 1. The van der Waals surface area contributed by atoms with Crippen molar-refractivity contribution < 1.29 is 9.59 Å². The summed E-state index contributed by atoms with van der Waals surface area (Å²) < 4.78 is 0. The van der Waals surface area contributed by atoms with E-state index in [0.29, 0.717) is 17.3 Å². The van der Waals surface area contributed by atoms with E-state index in [1.807, 2.05) is 0 Å². The Morgan fingerprint density at radius 1 is 1.37 bits per heavy atom. The highest BCUT2D eigenvalue weighted by Crippen LogP contribution is 2.14. The third-order valence-corrected chi connectivity index (χ3v) is 2.86. The molecule has 4 N–H and O–H groups in total. The number of hydrogen-bond acceptors (Lipinski definition) is 3. The fourth-order valence-electron chi connectivity index (χ4n) is 1.35. The van der Waals surface area contributed by atoms with E-state index >= 15 is 0 Å². The van der Waals surface area contributed by atoms with Gasteiger partial charge in [0.25, 0.3) is 0 Å². The zero-order valence-electron chi connectivity index (χ0n) is 11.0. The molecule has 0 aromatic heterocycles. The van der Waals surface area contributed by atoms with Crippen LogP contribution in [-0.4, -0.2) is 24.9 Å². The van der Waals surface area contributed by atoms with Crippen LogP contribution in [-0.2, 0) is 9.59 Å². The van der Waals surface area contributed by atoms with Gasteiger partial charge in [0.15, 0.2) is 0 Å². The van der Waals surface area contributed by atoms with Crippen LogP contribution in [0.2, 0.25) is 5.02 Å². The second-order valence-corrected chi connectivity index (χ2v) is 5.35. The van der Waals surface area contributed by atoms with Crippen molar-refractivity contribution in [3.05, 3.63) is 29.3 Å². The first-order valence-corrected chi connectivity index (χ1v) is 6.25. The van der Waals surface area contributed by atoms with Crippen LogP contribution in [0.4, 0.5) is 5.69 Å². The summed E-state index contributed by atoms with van der Waals surface area (Å²) in [6.07, 6.45) is 0. The van der Waals surface area contributed by atoms with Crippen LogP contribution in [0.1, 0.15) is 13.8 Å². The number of amides is 2. The number of carbonyl (C=O) groups is 2. The standard InChI is InChI=1S/C13H18ClN3O2/c1-13(2,12(15)19)8-16-7-11(18)17-10-5-3-4-9(14)6-10/h3-6,16H,7-8H2,1-2H3,(H2,15,19)(H,17,18). The van der Waals surface area contributed by atoms with Gasteiger partial charge in [-0.1, -0.05) is 17.7 Å². The average Bonchev–Trinajstić information content (AvgIpc) is 2.28. The summed E-state index contributed by atoms with van der Waals surface area (Å²) in [5.74, 6) is -0.613. The molecule has 0 saturated carbocycles. The largest absolute Gasteiger partial charge is 0.369 e. The summed E-state index contributed by atoms with van der Waals surface area (Å²) in [6, 6.07) is 6.89. The van der Waals surface area contributed by atoms with Gasteiger partial charge in [-0.05, 0) is 32.0 Å². The maximum absolute atomic E-state index is 11.6. The molecule has 0 aliphatic carbocycles. The molecule has 0 atom stereocenters. The van der Waals surface area contributed by atoms with Crippen LogP contribution in [0.3, 0.4) is 0 Å². The normalized spacial score (nSPS) is 11.1. The number of carbonyl (C=O) groups excluding carboxylic acids is 2. The lowest BCUT2D eigenvalue weighted by atomic mass is 9.93. The van der Waals surface area contributed by atoms with Crippen LogP contribution < -0.4 is 16.4 Å². The molecule has 0 radical (unpaired) electrons. The molecule has 0 aliphatic rings. The van der Waals surface area contributed by atoms with Crippen molar-refractivity contribution in [2.45, 2.75) is 13.8 Å². The van der Waals surface area contributed by atoms with Crippen LogP contribution in [0, 0.1) is 5.41 Å². The molecule has 19 heavy (non-hydrogen) atoms. The second kappa shape index (κ2) is 6.54. The van der Waals surface area contributed by atoms with E-state index < -0.39 is 11.3 Å². The molecule has 1 aromatic rings. The van der Waals surface area contributed by atoms with E-state index in [1.54, 1.807) is 38.1 Å². The van der Waals surface area contributed by atoms with Gasteiger partial charge in [0.1, 0.15) is 0 Å². The van der Waals surface area contributed by atoms with E-state index in [1.165, 1.54) is 0 Å². The molecule has 104 valence electrons. The van der Waals surface area contributed by atoms with Gasteiger partial charge < -0.3 is 16.4 Å². The smallest absolute Gasteiger partial charge is 0.238 e. The zero-order chi connectivity index (χ0) is 14.5. The van der Waals surface area contributed by atoms with Crippen molar-refractivity contribution in [3.8, 4) is 0 Å². The summed E-state index contributed by atoms with van der Waals surface area (Å²) in [5, 5.41) is 6.15. The molecule has 0 spiro atoms. The van der Waals surface area contributed by atoms with Crippen LogP contribution in [0.5, 0.6) is 0 Å². The van der Waals surface area contributed by atoms with E-state index in [-0.39, 0.29) is 12.5 Å². The summed E-state index contributed by atoms with van der Waals surface area (Å²) in [5.41, 5.74) is 5.18. The predicted molar refractivity (Wildman–Crippen MR) is 75.9 cm³/mol. The van der Waals surface area contributed by atoms with Crippen LogP contribution >= 0.6 is 11.6 Å². The monoisotopic (exact) mass is 283 g/mol. The molecule has 0 aliphatic heterocycles. The summed E-state index contributed by atoms with van der Waals surface area (Å²) in [6.45, 7) is 3.88. The molecule has 5 nitrogen and oxygen atoms in total. The van der Waals surface area contributed by atoms with Gasteiger partial charge in [0.2, 0.25) is 11.8 Å². The molecule has 0 bridgehead atoms. The van der Waals surface area contributed by atoms with E-state index in [9.17, 15) is 9.59 Å². The molecule has 2 amide bonds. The number of primary amides is 1. The Hall–Kier alpha value is -1.59. The highest BCUT2D eigenvalue weighted by molar-refractivity contribution is 6.30. The molecular formula is C13H18ClN3O2. The molecular weight excluding hydrogens is 266 g/mol. The van der Waals surface area contributed by atoms with E-state index in [2.05, 4.69) is 10.6 Å². The van der Waals surface area contributed by atoms with Crippen molar-refractivity contribution in [2.24, 2.45) is 11.1 Å². The Bertz CT molecular complexity index is 475. The van der Waals surface area contributed by atoms with Crippen molar-refractivity contribution in [1.82, 2.24) is 5.32 Å². The van der Waals surface area contributed by atoms with Gasteiger partial charge in [-0.15, -0.1) is 0 Å². The van der Waals surface area contributed by atoms with Crippen LogP contribution in [0.15, 0.2) is 24.3 Å². The highest BCUT2D eigenvalue weighted by atomic mass is 35.5. The maximum Gasteiger partial charge on any atom is 0.238 e. The van der Waals surface area contributed by atoms with E-state index in [0.717, 1.165) is 0 Å². The highest BCUT2D eigenvalue weighted by Gasteiger charge is 2.24. The lowest BCUT2D eigenvalue weighted by molar-refractivity contribution is -0.126. The SMILES string of the molecule is CC(C)(CNCC(=O)Nc1cccc(Cl)c1)C(N)=O. The number of benzene rings is 1. The Morgan fingerprint density at radius 3 is 2.63 bits per heavy atom. The minimum Gasteiger partial charge on any atom is -0.369 e. The maximum atomic E-state index is 11.6. The lowest BCUT2D eigenvalue weighted by Gasteiger charge is -2.20. The van der Waals surface area contributed by atoms with Crippen molar-refractivity contribution in [1.29, 1.82) is 0 Å². The van der Waals surface area contributed by atoms with Gasteiger partial charge in [-0.25, -0.2) is 0 Å². The Kier molecular flexibility index (Phi) is 5.32. The first-order valence-electron chi connectivity index (χ1n) is 5.87. The fraction of sp³-hybridized carbons (Fsp3) is 0.385. The molecule has 1 rings (SSSR count). The molecule has 6 heteroatoms. The van der Waals surface area contributed by atoms with Gasteiger partial charge in [0.05, 0.1) is 12.0 Å². The number of nitrogens with one attached hydrogen (secondary N) is 2. The Balaban J connectivity index is 2.39. The van der Waals surface area contributed by atoms with Gasteiger partial charge in [-0.2, -0.15) is 0 Å². The third-order valence-electron chi connectivity index (χ3n) is 2.63. The minimum atomic E-state index is -0.684. The Labute approximate surface area is 117 Å².